The number of anilines is 1. The summed E-state index contributed by atoms with van der Waals surface area (Å²) in [5, 5.41) is 11.4. The number of nitrogens with zero attached hydrogens (tertiary/aromatic N) is 1. The van der Waals surface area contributed by atoms with Gasteiger partial charge >= 0.3 is 5.97 Å². The molecule has 0 unspecified atom stereocenters. The van der Waals surface area contributed by atoms with Crippen LogP contribution in [0.15, 0.2) is 18.2 Å². The molecule has 22 heavy (non-hydrogen) atoms. The number of nitriles is 1. The van der Waals surface area contributed by atoms with E-state index in [2.05, 4.69) is 11.4 Å². The lowest BCUT2D eigenvalue weighted by Crippen LogP contribution is -2.29. The van der Waals surface area contributed by atoms with Crippen molar-refractivity contribution in [3.8, 4) is 6.07 Å². The molecule has 1 saturated carbocycles. The van der Waals surface area contributed by atoms with Crippen LogP contribution in [0.1, 0.15) is 43.0 Å². The van der Waals surface area contributed by atoms with Gasteiger partial charge in [-0.1, -0.05) is 6.42 Å². The molecule has 116 valence electrons. The number of ether oxygens (including phenoxy) is 1. The molecular weight excluding hydrogens is 287 g/mol. The fourth-order valence-corrected chi connectivity index (χ4v) is 2.53. The molecule has 0 aromatic heterocycles. The Balaban J connectivity index is 2.12. The average Bonchev–Trinajstić information content (AvgIpc) is 2.49. The third-order valence-electron chi connectivity index (χ3n) is 3.64. The van der Waals surface area contributed by atoms with Gasteiger partial charge in [-0.2, -0.15) is 5.26 Å². The summed E-state index contributed by atoms with van der Waals surface area (Å²) in [6, 6.07) is 5.80. The van der Waals surface area contributed by atoms with E-state index < -0.39 is 23.8 Å². The molecule has 5 nitrogen and oxygen atoms in total. The number of nitrogens with one attached hydrogen (secondary N) is 1. The Kier molecular flexibility index (Phi) is 5.10. The first-order valence-electron chi connectivity index (χ1n) is 7.19. The van der Waals surface area contributed by atoms with E-state index in [1.54, 1.807) is 0 Å². The normalized spacial score (nSPS) is 20.8. The van der Waals surface area contributed by atoms with Gasteiger partial charge in [0.1, 0.15) is 11.9 Å². The maximum Gasteiger partial charge on any atom is 0.338 e. The van der Waals surface area contributed by atoms with E-state index in [1.165, 1.54) is 19.1 Å². The minimum Gasteiger partial charge on any atom is -0.457 e. The van der Waals surface area contributed by atoms with Gasteiger partial charge in [-0.3, -0.25) is 4.79 Å². The zero-order valence-corrected chi connectivity index (χ0v) is 12.3. The molecule has 2 atom stereocenters. The summed E-state index contributed by atoms with van der Waals surface area (Å²) >= 11 is 0. The SMILES string of the molecule is CC(=O)Nc1cc(C(=O)O[C@H]2CCCC[C@H]2C#N)ccc1F. The lowest BCUT2D eigenvalue weighted by molar-refractivity contribution is -0.114. The third kappa shape index (κ3) is 3.82. The van der Waals surface area contributed by atoms with Gasteiger partial charge in [-0.15, -0.1) is 0 Å². The molecule has 1 amide bonds. The summed E-state index contributed by atoms with van der Waals surface area (Å²) in [6.45, 7) is 1.25. The Morgan fingerprint density at radius 2 is 2.09 bits per heavy atom. The van der Waals surface area contributed by atoms with Crippen molar-refractivity contribution in [3.05, 3.63) is 29.6 Å². The Morgan fingerprint density at radius 1 is 1.36 bits per heavy atom. The molecule has 1 N–H and O–H groups in total. The highest BCUT2D eigenvalue weighted by molar-refractivity contribution is 5.93. The fraction of sp³-hybridized carbons (Fsp3) is 0.438. The second-order valence-electron chi connectivity index (χ2n) is 5.34. The summed E-state index contributed by atoms with van der Waals surface area (Å²) in [6.07, 6.45) is 2.81. The molecule has 1 fully saturated rings. The first-order valence-corrected chi connectivity index (χ1v) is 7.19. The first kappa shape index (κ1) is 16.0. The summed E-state index contributed by atoms with van der Waals surface area (Å²) in [7, 11) is 0. The largest absolute Gasteiger partial charge is 0.457 e. The van der Waals surface area contributed by atoms with Gasteiger partial charge in [0.2, 0.25) is 5.91 Å². The molecule has 0 heterocycles. The Bertz CT molecular complexity index is 624. The maximum atomic E-state index is 13.6. The molecule has 1 aromatic rings. The average molecular weight is 304 g/mol. The van der Waals surface area contributed by atoms with Gasteiger partial charge < -0.3 is 10.1 Å². The fourth-order valence-electron chi connectivity index (χ4n) is 2.53. The van der Waals surface area contributed by atoms with E-state index in [1.807, 2.05) is 0 Å². The van der Waals surface area contributed by atoms with Crippen LogP contribution in [-0.4, -0.2) is 18.0 Å². The number of hydrogen-bond acceptors (Lipinski definition) is 4. The minimum atomic E-state index is -0.626. The van der Waals surface area contributed by atoms with Crippen molar-refractivity contribution in [3.63, 3.8) is 0 Å². The summed E-state index contributed by atoms with van der Waals surface area (Å²) in [5.74, 6) is -1.97. The van der Waals surface area contributed by atoms with Crippen molar-refractivity contribution in [2.24, 2.45) is 5.92 Å². The number of rotatable bonds is 3. The van der Waals surface area contributed by atoms with E-state index in [9.17, 15) is 14.0 Å². The number of halogens is 1. The number of carbonyl (C=O) groups is 2. The van der Waals surface area contributed by atoms with Crippen LogP contribution in [-0.2, 0) is 9.53 Å². The highest BCUT2D eigenvalue weighted by Gasteiger charge is 2.28. The van der Waals surface area contributed by atoms with Crippen LogP contribution < -0.4 is 5.32 Å². The topological polar surface area (TPSA) is 79.2 Å². The summed E-state index contributed by atoms with van der Waals surface area (Å²) in [4.78, 5) is 23.2. The van der Waals surface area contributed by atoms with Crippen LogP contribution in [0.25, 0.3) is 0 Å². The van der Waals surface area contributed by atoms with Crippen LogP contribution in [0, 0.1) is 23.1 Å². The summed E-state index contributed by atoms with van der Waals surface area (Å²) in [5.41, 5.74) is 0.0786. The van der Waals surface area contributed by atoms with Gasteiger partial charge in [0, 0.05) is 6.92 Å². The molecule has 6 heteroatoms. The van der Waals surface area contributed by atoms with E-state index in [-0.39, 0.29) is 17.2 Å². The van der Waals surface area contributed by atoms with Crippen molar-refractivity contribution in [2.45, 2.75) is 38.7 Å². The Morgan fingerprint density at radius 3 is 2.77 bits per heavy atom. The second kappa shape index (κ2) is 7.03. The number of benzene rings is 1. The molecule has 0 aliphatic heterocycles. The van der Waals surface area contributed by atoms with Gasteiger partial charge in [0.05, 0.1) is 23.2 Å². The Labute approximate surface area is 128 Å². The van der Waals surface area contributed by atoms with Gasteiger partial charge in [0.25, 0.3) is 0 Å². The van der Waals surface area contributed by atoms with Crippen molar-refractivity contribution >= 4 is 17.6 Å². The monoisotopic (exact) mass is 304 g/mol. The highest BCUT2D eigenvalue weighted by atomic mass is 19.1. The van der Waals surface area contributed by atoms with Crippen molar-refractivity contribution in [1.29, 1.82) is 5.26 Å². The molecule has 1 aliphatic carbocycles. The van der Waals surface area contributed by atoms with Crippen LogP contribution in [0.2, 0.25) is 0 Å². The zero-order valence-electron chi connectivity index (χ0n) is 12.3. The number of esters is 1. The standard InChI is InChI=1S/C16H17FN2O3/c1-10(20)19-14-8-11(6-7-13(14)17)16(21)22-15-5-3-2-4-12(15)9-18/h6-8,12,15H,2-5H2,1H3,(H,19,20)/t12-,15-/m0/s1. The maximum absolute atomic E-state index is 13.6. The van der Waals surface area contributed by atoms with E-state index >= 15 is 0 Å². The summed E-state index contributed by atoms with van der Waals surface area (Å²) < 4.78 is 18.9. The minimum absolute atomic E-state index is 0.0672. The third-order valence-corrected chi connectivity index (χ3v) is 3.64. The number of carbonyl (C=O) groups excluding carboxylic acids is 2. The molecule has 1 aromatic carbocycles. The first-order chi connectivity index (χ1) is 10.5. The molecule has 1 aliphatic rings. The molecule has 0 radical (unpaired) electrons. The quantitative estimate of drug-likeness (QED) is 0.870. The van der Waals surface area contributed by atoms with Gasteiger partial charge in [-0.05, 0) is 37.5 Å². The molecule has 0 saturated heterocycles. The van der Waals surface area contributed by atoms with Crippen LogP contribution in [0.5, 0.6) is 0 Å². The number of amides is 1. The van der Waals surface area contributed by atoms with Crippen LogP contribution in [0.4, 0.5) is 10.1 Å². The van der Waals surface area contributed by atoms with E-state index in [0.29, 0.717) is 6.42 Å². The lowest BCUT2D eigenvalue weighted by atomic mass is 9.87. The van der Waals surface area contributed by atoms with Crippen LogP contribution in [0.3, 0.4) is 0 Å². The van der Waals surface area contributed by atoms with Gasteiger partial charge in [0.15, 0.2) is 0 Å². The predicted octanol–water partition coefficient (Wildman–Crippen LogP) is 3.02. The predicted molar refractivity (Wildman–Crippen MR) is 77.5 cm³/mol. The molecular formula is C16H17FN2O3. The van der Waals surface area contributed by atoms with Crippen molar-refractivity contribution in [2.75, 3.05) is 5.32 Å². The second-order valence-corrected chi connectivity index (χ2v) is 5.34. The molecule has 0 spiro atoms. The van der Waals surface area contributed by atoms with Gasteiger partial charge in [-0.25, -0.2) is 9.18 Å². The van der Waals surface area contributed by atoms with E-state index in [4.69, 9.17) is 10.00 Å². The molecule has 2 rings (SSSR count). The molecule has 0 bridgehead atoms. The smallest absolute Gasteiger partial charge is 0.338 e. The van der Waals surface area contributed by atoms with E-state index in [0.717, 1.165) is 25.3 Å². The van der Waals surface area contributed by atoms with Crippen LogP contribution >= 0.6 is 0 Å². The Hall–Kier alpha value is -2.42. The van der Waals surface area contributed by atoms with Crippen molar-refractivity contribution in [1.82, 2.24) is 0 Å². The van der Waals surface area contributed by atoms with Crippen molar-refractivity contribution < 1.29 is 18.7 Å². The lowest BCUT2D eigenvalue weighted by Gasteiger charge is -2.26. The zero-order chi connectivity index (χ0) is 16.1. The number of hydrogen-bond donors (Lipinski definition) is 1. The highest BCUT2D eigenvalue weighted by Crippen LogP contribution is 2.27.